The van der Waals surface area contributed by atoms with Crippen molar-refractivity contribution in [2.24, 2.45) is 5.92 Å². The molecule has 1 aliphatic rings. The van der Waals surface area contributed by atoms with Crippen molar-refractivity contribution in [3.05, 3.63) is 34.9 Å². The summed E-state index contributed by atoms with van der Waals surface area (Å²) < 4.78 is 0. The Bertz CT molecular complexity index is 478. The second kappa shape index (κ2) is 7.81. The quantitative estimate of drug-likeness (QED) is 0.903. The van der Waals surface area contributed by atoms with Crippen LogP contribution in [-0.2, 0) is 11.3 Å². The van der Waals surface area contributed by atoms with Crippen molar-refractivity contribution in [1.29, 1.82) is 0 Å². The first kappa shape index (κ1) is 16.3. The third kappa shape index (κ3) is 5.01. The first-order valence-corrected chi connectivity index (χ1v) is 8.15. The molecule has 0 bridgehead atoms. The second-order valence-electron chi connectivity index (χ2n) is 6.20. The van der Waals surface area contributed by atoms with E-state index in [-0.39, 0.29) is 5.91 Å². The Hall–Kier alpha value is -1.06. The van der Waals surface area contributed by atoms with Gasteiger partial charge in [0.05, 0.1) is 6.54 Å². The molecular weight excluding hydrogens is 284 g/mol. The number of benzene rings is 1. The first-order valence-electron chi connectivity index (χ1n) is 7.77. The van der Waals surface area contributed by atoms with Gasteiger partial charge in [-0.05, 0) is 37.4 Å². The molecule has 0 spiro atoms. The SMILES string of the molecule is C[C@@H]1CCCC[C@H]1NC(=O)CN(C)Cc1ccccc1Cl. The van der Waals surface area contributed by atoms with Crippen molar-refractivity contribution in [3.8, 4) is 0 Å². The third-order valence-corrected chi connectivity index (χ3v) is 4.64. The molecule has 2 atom stereocenters. The maximum Gasteiger partial charge on any atom is 0.234 e. The van der Waals surface area contributed by atoms with Crippen molar-refractivity contribution >= 4 is 17.5 Å². The van der Waals surface area contributed by atoms with Gasteiger partial charge in [0, 0.05) is 17.6 Å². The van der Waals surface area contributed by atoms with E-state index in [4.69, 9.17) is 11.6 Å². The minimum atomic E-state index is 0.114. The third-order valence-electron chi connectivity index (χ3n) is 4.27. The number of likely N-dealkylation sites (N-methyl/N-ethyl adjacent to an activating group) is 1. The first-order chi connectivity index (χ1) is 10.1. The Kier molecular flexibility index (Phi) is 6.07. The van der Waals surface area contributed by atoms with Gasteiger partial charge in [0.1, 0.15) is 0 Å². The van der Waals surface area contributed by atoms with Crippen LogP contribution in [0.2, 0.25) is 5.02 Å². The highest BCUT2D eigenvalue weighted by atomic mass is 35.5. The van der Waals surface area contributed by atoms with Crippen molar-refractivity contribution < 1.29 is 4.79 Å². The summed E-state index contributed by atoms with van der Waals surface area (Å²) in [5, 5.41) is 3.94. The lowest BCUT2D eigenvalue weighted by Crippen LogP contribution is -2.44. The molecule has 1 amide bonds. The Morgan fingerprint density at radius 1 is 1.33 bits per heavy atom. The van der Waals surface area contributed by atoms with Crippen LogP contribution in [0.1, 0.15) is 38.2 Å². The molecule has 0 aromatic heterocycles. The van der Waals surface area contributed by atoms with Gasteiger partial charge in [-0.3, -0.25) is 9.69 Å². The molecule has 1 aromatic carbocycles. The minimum absolute atomic E-state index is 0.114. The molecule has 0 heterocycles. The number of rotatable bonds is 5. The van der Waals surface area contributed by atoms with Crippen LogP contribution in [0.5, 0.6) is 0 Å². The molecule has 1 saturated carbocycles. The number of hydrogen-bond acceptors (Lipinski definition) is 2. The van der Waals surface area contributed by atoms with Gasteiger partial charge in [0.25, 0.3) is 0 Å². The molecule has 0 radical (unpaired) electrons. The standard InChI is InChI=1S/C17H25ClN2O/c1-13-7-3-6-10-16(13)19-17(21)12-20(2)11-14-8-4-5-9-15(14)18/h4-5,8-9,13,16H,3,6-7,10-12H2,1-2H3,(H,19,21)/t13-,16-/m1/s1. The second-order valence-corrected chi connectivity index (χ2v) is 6.61. The summed E-state index contributed by atoms with van der Waals surface area (Å²) in [5.41, 5.74) is 1.06. The lowest BCUT2D eigenvalue weighted by Gasteiger charge is -2.30. The van der Waals surface area contributed by atoms with Gasteiger partial charge in [-0.1, -0.05) is 49.6 Å². The van der Waals surface area contributed by atoms with Gasteiger partial charge < -0.3 is 5.32 Å². The fraction of sp³-hybridized carbons (Fsp3) is 0.588. The van der Waals surface area contributed by atoms with Gasteiger partial charge in [-0.25, -0.2) is 0 Å². The van der Waals surface area contributed by atoms with Gasteiger partial charge in [0.2, 0.25) is 5.91 Å². The number of nitrogens with zero attached hydrogens (tertiary/aromatic N) is 1. The Morgan fingerprint density at radius 3 is 2.76 bits per heavy atom. The van der Waals surface area contributed by atoms with Crippen LogP contribution in [0.15, 0.2) is 24.3 Å². The van der Waals surface area contributed by atoms with E-state index in [0.717, 1.165) is 17.0 Å². The van der Waals surface area contributed by atoms with Crippen molar-refractivity contribution in [2.75, 3.05) is 13.6 Å². The van der Waals surface area contributed by atoms with Crippen LogP contribution in [-0.4, -0.2) is 30.4 Å². The fourth-order valence-corrected chi connectivity index (χ4v) is 3.20. The number of carbonyl (C=O) groups excluding carboxylic acids is 1. The summed E-state index contributed by atoms with van der Waals surface area (Å²) in [6, 6.07) is 8.12. The number of carbonyl (C=O) groups is 1. The van der Waals surface area contributed by atoms with E-state index >= 15 is 0 Å². The zero-order chi connectivity index (χ0) is 15.2. The molecule has 0 aliphatic heterocycles. The summed E-state index contributed by atoms with van der Waals surface area (Å²) in [4.78, 5) is 14.2. The maximum atomic E-state index is 12.2. The molecule has 21 heavy (non-hydrogen) atoms. The Balaban J connectivity index is 1.80. The predicted octanol–water partition coefficient (Wildman–Crippen LogP) is 3.47. The number of halogens is 1. The minimum Gasteiger partial charge on any atom is -0.352 e. The zero-order valence-corrected chi connectivity index (χ0v) is 13.7. The number of nitrogens with one attached hydrogen (secondary N) is 1. The van der Waals surface area contributed by atoms with Crippen molar-refractivity contribution in [2.45, 2.75) is 45.2 Å². The highest BCUT2D eigenvalue weighted by Gasteiger charge is 2.23. The molecule has 1 N–H and O–H groups in total. The van der Waals surface area contributed by atoms with Crippen LogP contribution in [0, 0.1) is 5.92 Å². The lowest BCUT2D eigenvalue weighted by molar-refractivity contribution is -0.123. The summed E-state index contributed by atoms with van der Waals surface area (Å²) in [6.07, 6.45) is 4.85. The molecule has 1 aromatic rings. The maximum absolute atomic E-state index is 12.2. The molecule has 3 nitrogen and oxygen atoms in total. The Labute approximate surface area is 132 Å². The van der Waals surface area contributed by atoms with Gasteiger partial charge >= 0.3 is 0 Å². The van der Waals surface area contributed by atoms with E-state index in [2.05, 4.69) is 12.2 Å². The van der Waals surface area contributed by atoms with Crippen LogP contribution in [0.4, 0.5) is 0 Å². The molecule has 0 saturated heterocycles. The van der Waals surface area contributed by atoms with Gasteiger partial charge in [-0.2, -0.15) is 0 Å². The average Bonchev–Trinajstić information content (AvgIpc) is 2.44. The largest absolute Gasteiger partial charge is 0.352 e. The normalized spacial score (nSPS) is 22.3. The summed E-state index contributed by atoms with van der Waals surface area (Å²) in [5.74, 6) is 0.708. The highest BCUT2D eigenvalue weighted by molar-refractivity contribution is 6.31. The van der Waals surface area contributed by atoms with Gasteiger partial charge in [0.15, 0.2) is 0 Å². The van der Waals surface area contributed by atoms with Crippen LogP contribution in [0.25, 0.3) is 0 Å². The monoisotopic (exact) mass is 308 g/mol. The molecule has 0 unspecified atom stereocenters. The lowest BCUT2D eigenvalue weighted by atomic mass is 9.86. The summed E-state index contributed by atoms with van der Waals surface area (Å²) in [7, 11) is 1.95. The van der Waals surface area contributed by atoms with E-state index in [1.165, 1.54) is 19.3 Å². The summed E-state index contributed by atoms with van der Waals surface area (Å²) in [6.45, 7) is 3.33. The van der Waals surface area contributed by atoms with Gasteiger partial charge in [-0.15, -0.1) is 0 Å². The fourth-order valence-electron chi connectivity index (χ4n) is 3.00. The zero-order valence-electron chi connectivity index (χ0n) is 12.9. The smallest absolute Gasteiger partial charge is 0.234 e. The van der Waals surface area contributed by atoms with Crippen LogP contribution in [0.3, 0.4) is 0 Å². The van der Waals surface area contributed by atoms with E-state index in [1.54, 1.807) is 0 Å². The molecule has 1 aliphatic carbocycles. The topological polar surface area (TPSA) is 32.3 Å². The molecule has 4 heteroatoms. The molecular formula is C17H25ClN2O. The van der Waals surface area contributed by atoms with Crippen molar-refractivity contribution in [3.63, 3.8) is 0 Å². The van der Waals surface area contributed by atoms with E-state index in [9.17, 15) is 4.79 Å². The van der Waals surface area contributed by atoms with Crippen molar-refractivity contribution in [1.82, 2.24) is 10.2 Å². The summed E-state index contributed by atoms with van der Waals surface area (Å²) >= 11 is 6.15. The molecule has 2 rings (SSSR count). The average molecular weight is 309 g/mol. The highest BCUT2D eigenvalue weighted by Crippen LogP contribution is 2.23. The number of hydrogen-bond donors (Lipinski definition) is 1. The predicted molar refractivity (Wildman–Crippen MR) is 87.3 cm³/mol. The van der Waals surface area contributed by atoms with E-state index in [1.807, 2.05) is 36.2 Å². The van der Waals surface area contributed by atoms with E-state index < -0.39 is 0 Å². The molecule has 116 valence electrons. The van der Waals surface area contributed by atoms with E-state index in [0.29, 0.717) is 25.0 Å². The molecule has 1 fully saturated rings. The van der Waals surface area contributed by atoms with Crippen LogP contribution < -0.4 is 5.32 Å². The van der Waals surface area contributed by atoms with Crippen LogP contribution >= 0.6 is 11.6 Å². The Morgan fingerprint density at radius 2 is 2.05 bits per heavy atom. The number of amides is 1.